The smallest absolute Gasteiger partial charge is 0.410 e. The van der Waals surface area contributed by atoms with Crippen molar-refractivity contribution >= 4 is 14.5 Å². The zero-order valence-electron chi connectivity index (χ0n) is 19.5. The first-order valence-electron chi connectivity index (χ1n) is 11.5. The van der Waals surface area contributed by atoms with Gasteiger partial charge < -0.3 is 18.7 Å². The molecule has 0 saturated carbocycles. The van der Waals surface area contributed by atoms with Gasteiger partial charge in [0.25, 0.3) is 0 Å². The zero-order chi connectivity index (χ0) is 22.8. The number of carbonyl (C=O) groups excluding carboxylic acids is 1. The number of benzene rings is 2. The third kappa shape index (κ3) is 8.90. The Bertz CT molecular complexity index is 758. The molecule has 6 heteroatoms. The highest BCUT2D eigenvalue weighted by Gasteiger charge is 2.27. The summed E-state index contributed by atoms with van der Waals surface area (Å²) in [6.45, 7) is 8.37. The van der Waals surface area contributed by atoms with Crippen molar-refractivity contribution in [1.29, 1.82) is 0 Å². The zero-order valence-corrected chi connectivity index (χ0v) is 20.4. The summed E-state index contributed by atoms with van der Waals surface area (Å²) < 4.78 is 17.9. The second-order valence-electron chi connectivity index (χ2n) is 9.27. The lowest BCUT2D eigenvalue weighted by molar-refractivity contribution is 0.0182. The summed E-state index contributed by atoms with van der Waals surface area (Å²) in [5.41, 5.74) is 1.87. The molecule has 0 aliphatic carbocycles. The number of likely N-dealkylation sites (tertiary alicyclic amines) is 1. The molecule has 1 heterocycles. The average Bonchev–Trinajstić information content (AvgIpc) is 2.79. The topological polar surface area (TPSA) is 48.0 Å². The van der Waals surface area contributed by atoms with Crippen molar-refractivity contribution in [3.8, 4) is 0 Å². The molecule has 2 aromatic carbocycles. The van der Waals surface area contributed by atoms with E-state index in [1.165, 1.54) is 0 Å². The first kappa shape index (κ1) is 24.7. The van der Waals surface area contributed by atoms with E-state index in [2.05, 4.69) is 24.3 Å². The molecular weight excluding hydrogens is 421 g/mol. The van der Waals surface area contributed by atoms with Crippen LogP contribution in [0.1, 0.15) is 51.2 Å². The van der Waals surface area contributed by atoms with Crippen LogP contribution in [0.4, 0.5) is 4.79 Å². The van der Waals surface area contributed by atoms with Gasteiger partial charge in [0.1, 0.15) is 5.60 Å². The van der Waals surface area contributed by atoms with Gasteiger partial charge in [0.05, 0.1) is 13.2 Å². The number of piperidine rings is 1. The fourth-order valence-corrected chi connectivity index (χ4v) is 5.12. The highest BCUT2D eigenvalue weighted by Crippen LogP contribution is 2.42. The number of rotatable bonds is 9. The Kier molecular flexibility index (Phi) is 9.52. The number of carbonyl (C=O) groups is 1. The molecule has 0 radical (unpaired) electrons. The molecule has 5 nitrogen and oxygen atoms in total. The molecule has 174 valence electrons. The summed E-state index contributed by atoms with van der Waals surface area (Å²) in [5.74, 6) is 0.583. The summed E-state index contributed by atoms with van der Waals surface area (Å²) in [4.78, 5) is 14.1. The van der Waals surface area contributed by atoms with E-state index in [0.29, 0.717) is 19.1 Å². The molecule has 32 heavy (non-hydrogen) atoms. The van der Waals surface area contributed by atoms with Crippen molar-refractivity contribution in [2.75, 3.05) is 19.3 Å². The second-order valence-corrected chi connectivity index (χ2v) is 10.9. The SMILES string of the molecule is CC(C)(C)OC(=O)N1CCC(CCP(OCc2ccccc2)OCc2ccccc2)CC1. The fourth-order valence-electron chi connectivity index (χ4n) is 3.63. The Morgan fingerprint density at radius 2 is 1.41 bits per heavy atom. The summed E-state index contributed by atoms with van der Waals surface area (Å²) in [7, 11) is -0.980. The molecule has 2 aromatic rings. The van der Waals surface area contributed by atoms with Crippen LogP contribution in [0.15, 0.2) is 60.7 Å². The largest absolute Gasteiger partial charge is 0.444 e. The molecule has 3 rings (SSSR count). The maximum Gasteiger partial charge on any atom is 0.410 e. The van der Waals surface area contributed by atoms with Crippen LogP contribution in [0, 0.1) is 5.92 Å². The van der Waals surface area contributed by atoms with Gasteiger partial charge >= 0.3 is 6.09 Å². The number of ether oxygens (including phenoxy) is 1. The molecule has 0 unspecified atom stereocenters. The van der Waals surface area contributed by atoms with Gasteiger partial charge in [-0.3, -0.25) is 0 Å². The van der Waals surface area contributed by atoms with Crippen LogP contribution in [-0.4, -0.2) is 35.8 Å². The third-order valence-electron chi connectivity index (χ3n) is 5.42. The Labute approximate surface area is 194 Å². The molecule has 0 aromatic heterocycles. The van der Waals surface area contributed by atoms with Crippen LogP contribution in [0.2, 0.25) is 0 Å². The molecule has 0 atom stereocenters. The molecule has 1 saturated heterocycles. The summed E-state index contributed by atoms with van der Waals surface area (Å²) >= 11 is 0. The second kappa shape index (κ2) is 12.3. The van der Waals surface area contributed by atoms with Crippen LogP contribution in [0.25, 0.3) is 0 Å². The quantitative estimate of drug-likeness (QED) is 0.390. The minimum absolute atomic E-state index is 0.199. The van der Waals surface area contributed by atoms with Gasteiger partial charge in [-0.2, -0.15) is 0 Å². The van der Waals surface area contributed by atoms with E-state index in [0.717, 1.165) is 49.6 Å². The first-order chi connectivity index (χ1) is 15.4. The van der Waals surface area contributed by atoms with E-state index in [1.807, 2.05) is 62.1 Å². The van der Waals surface area contributed by atoms with E-state index in [4.69, 9.17) is 13.8 Å². The lowest BCUT2D eigenvalue weighted by Crippen LogP contribution is -2.41. The van der Waals surface area contributed by atoms with Crippen molar-refractivity contribution in [3.63, 3.8) is 0 Å². The highest BCUT2D eigenvalue weighted by molar-refractivity contribution is 7.47. The predicted octanol–water partition coefficient (Wildman–Crippen LogP) is 6.77. The van der Waals surface area contributed by atoms with Crippen molar-refractivity contribution in [1.82, 2.24) is 4.90 Å². The number of hydrogen-bond acceptors (Lipinski definition) is 4. The van der Waals surface area contributed by atoms with E-state index in [-0.39, 0.29) is 6.09 Å². The van der Waals surface area contributed by atoms with Crippen LogP contribution in [0.5, 0.6) is 0 Å². The van der Waals surface area contributed by atoms with Crippen molar-refractivity contribution in [2.45, 2.75) is 58.8 Å². The molecule has 1 aliphatic rings. The predicted molar refractivity (Wildman–Crippen MR) is 129 cm³/mol. The number of nitrogens with zero attached hydrogens (tertiary/aromatic N) is 1. The first-order valence-corrected chi connectivity index (χ1v) is 12.8. The molecule has 1 aliphatic heterocycles. The Morgan fingerprint density at radius 1 is 0.906 bits per heavy atom. The molecular formula is C26H36NO4P. The Balaban J connectivity index is 1.46. The molecule has 1 fully saturated rings. The lowest BCUT2D eigenvalue weighted by Gasteiger charge is -2.33. The van der Waals surface area contributed by atoms with Crippen LogP contribution in [0.3, 0.4) is 0 Å². The van der Waals surface area contributed by atoms with Crippen molar-refractivity contribution in [2.24, 2.45) is 5.92 Å². The Morgan fingerprint density at radius 3 is 1.88 bits per heavy atom. The number of hydrogen-bond donors (Lipinski definition) is 0. The van der Waals surface area contributed by atoms with E-state index in [1.54, 1.807) is 0 Å². The molecule has 0 bridgehead atoms. The summed E-state index contributed by atoms with van der Waals surface area (Å²) in [6.07, 6.45) is 3.76. The van der Waals surface area contributed by atoms with Crippen molar-refractivity contribution in [3.05, 3.63) is 71.8 Å². The minimum atomic E-state index is -0.980. The maximum atomic E-state index is 12.3. The molecule has 0 N–H and O–H groups in total. The van der Waals surface area contributed by atoms with Gasteiger partial charge in [-0.25, -0.2) is 4.79 Å². The standard InChI is InChI=1S/C26H36NO4P/c1-26(2,3)31-25(28)27-17-14-22(15-18-27)16-19-32(29-20-23-10-6-4-7-11-23)30-21-24-12-8-5-9-13-24/h4-13,22H,14-21H2,1-3H3. The van der Waals surface area contributed by atoms with E-state index >= 15 is 0 Å². The normalized spacial score (nSPS) is 15.2. The van der Waals surface area contributed by atoms with Gasteiger partial charge in [0, 0.05) is 19.3 Å². The van der Waals surface area contributed by atoms with Gasteiger partial charge in [-0.05, 0) is 57.1 Å². The van der Waals surface area contributed by atoms with Gasteiger partial charge in [-0.1, -0.05) is 60.7 Å². The summed E-state index contributed by atoms with van der Waals surface area (Å²) in [5, 5.41) is 0. The third-order valence-corrected chi connectivity index (χ3v) is 6.88. The molecule has 1 amide bonds. The summed E-state index contributed by atoms with van der Waals surface area (Å²) in [6, 6.07) is 20.5. The minimum Gasteiger partial charge on any atom is -0.444 e. The van der Waals surface area contributed by atoms with Crippen molar-refractivity contribution < 1.29 is 18.6 Å². The van der Waals surface area contributed by atoms with Gasteiger partial charge in [0.15, 0.2) is 8.38 Å². The van der Waals surface area contributed by atoms with E-state index < -0.39 is 14.0 Å². The highest BCUT2D eigenvalue weighted by atomic mass is 31.2. The Hall–Kier alpha value is -1.94. The molecule has 0 spiro atoms. The fraction of sp³-hybridized carbons (Fsp3) is 0.500. The number of amides is 1. The van der Waals surface area contributed by atoms with E-state index in [9.17, 15) is 4.79 Å². The van der Waals surface area contributed by atoms with Crippen LogP contribution < -0.4 is 0 Å². The lowest BCUT2D eigenvalue weighted by atomic mass is 9.95. The average molecular weight is 458 g/mol. The maximum absolute atomic E-state index is 12.3. The van der Waals surface area contributed by atoms with Crippen LogP contribution in [-0.2, 0) is 27.0 Å². The van der Waals surface area contributed by atoms with Crippen LogP contribution >= 0.6 is 8.38 Å². The van der Waals surface area contributed by atoms with Gasteiger partial charge in [0.2, 0.25) is 0 Å². The monoisotopic (exact) mass is 457 g/mol. The van der Waals surface area contributed by atoms with Gasteiger partial charge in [-0.15, -0.1) is 0 Å².